The molecule has 2 unspecified atom stereocenters. The molecule has 0 aromatic carbocycles. The quantitative estimate of drug-likeness (QED) is 0.921. The van der Waals surface area contributed by atoms with Gasteiger partial charge < -0.3 is 9.84 Å². The molecule has 5 heteroatoms. The number of ether oxygens (including phenoxy) is 1. The molecule has 1 aliphatic heterocycles. The number of hydrogen-bond donors (Lipinski definition) is 1. The van der Waals surface area contributed by atoms with E-state index in [9.17, 15) is 5.11 Å². The smallest absolute Gasteiger partial charge is 0.0897 e. The summed E-state index contributed by atoms with van der Waals surface area (Å²) in [5.41, 5.74) is 2.33. The number of thiophene rings is 1. The van der Waals surface area contributed by atoms with E-state index in [2.05, 4.69) is 22.9 Å². The van der Waals surface area contributed by atoms with E-state index in [-0.39, 0.29) is 6.04 Å². The first-order chi connectivity index (χ1) is 10.7. The molecule has 1 aliphatic rings. The molecule has 0 radical (unpaired) electrons. The number of aromatic nitrogens is 1. The van der Waals surface area contributed by atoms with Gasteiger partial charge in [0.05, 0.1) is 25.0 Å². The maximum atomic E-state index is 10.4. The highest BCUT2D eigenvalue weighted by molar-refractivity contribution is 7.10. The maximum Gasteiger partial charge on any atom is 0.0897 e. The van der Waals surface area contributed by atoms with E-state index < -0.39 is 6.10 Å². The lowest BCUT2D eigenvalue weighted by molar-refractivity contribution is -0.0301. The molecule has 3 heterocycles. The summed E-state index contributed by atoms with van der Waals surface area (Å²) in [6.45, 7) is 5.22. The molecule has 0 spiro atoms. The third-order valence-corrected chi connectivity index (χ3v) is 5.16. The Kier molecular flexibility index (Phi) is 5.20. The Morgan fingerprint density at radius 2 is 2.36 bits per heavy atom. The van der Waals surface area contributed by atoms with Crippen LogP contribution in [0.2, 0.25) is 0 Å². The normalized spacial score (nSPS) is 20.9. The average molecular weight is 318 g/mol. The number of aliphatic hydroxyl groups excluding tert-OH is 1. The highest BCUT2D eigenvalue weighted by atomic mass is 32.1. The molecule has 2 atom stereocenters. The zero-order valence-electron chi connectivity index (χ0n) is 12.8. The number of pyridine rings is 1. The van der Waals surface area contributed by atoms with E-state index in [0.717, 1.165) is 30.3 Å². The lowest BCUT2D eigenvalue weighted by Crippen LogP contribution is -2.45. The number of morpholine rings is 1. The van der Waals surface area contributed by atoms with Crippen LogP contribution in [0.25, 0.3) is 0 Å². The number of aryl methyl sites for hydroxylation is 1. The molecule has 0 saturated carbocycles. The highest BCUT2D eigenvalue weighted by Gasteiger charge is 2.27. The molecule has 2 aromatic heterocycles. The van der Waals surface area contributed by atoms with Crippen molar-refractivity contribution in [2.75, 3.05) is 19.8 Å². The van der Waals surface area contributed by atoms with E-state index in [4.69, 9.17) is 4.74 Å². The van der Waals surface area contributed by atoms with Crippen LogP contribution >= 0.6 is 11.3 Å². The van der Waals surface area contributed by atoms with Gasteiger partial charge in [0.25, 0.3) is 0 Å². The summed E-state index contributed by atoms with van der Waals surface area (Å²) in [6, 6.07) is 8.27. The van der Waals surface area contributed by atoms with Crippen LogP contribution in [-0.2, 0) is 11.3 Å². The molecule has 0 bridgehead atoms. The summed E-state index contributed by atoms with van der Waals surface area (Å²) in [5, 5.41) is 12.4. The van der Waals surface area contributed by atoms with Gasteiger partial charge in [-0.1, -0.05) is 12.1 Å². The first-order valence-electron chi connectivity index (χ1n) is 7.68. The highest BCUT2D eigenvalue weighted by Crippen LogP contribution is 2.26. The molecule has 22 heavy (non-hydrogen) atoms. The molecule has 118 valence electrons. The van der Waals surface area contributed by atoms with Gasteiger partial charge >= 0.3 is 0 Å². The van der Waals surface area contributed by atoms with E-state index in [1.165, 1.54) is 5.56 Å². The van der Waals surface area contributed by atoms with Crippen molar-refractivity contribution >= 4 is 11.3 Å². The number of nitrogens with zero attached hydrogens (tertiary/aromatic N) is 2. The summed E-state index contributed by atoms with van der Waals surface area (Å²) in [7, 11) is 0. The van der Waals surface area contributed by atoms with Gasteiger partial charge in [-0.25, -0.2) is 0 Å². The van der Waals surface area contributed by atoms with Gasteiger partial charge in [0.15, 0.2) is 0 Å². The Morgan fingerprint density at radius 3 is 3.14 bits per heavy atom. The standard InChI is InChI=1S/C17H22N2O2S/c1-13-4-2-6-18-15(13)11-19-7-8-21-12-14(19)10-16(20)17-5-3-9-22-17/h2-6,9,14,16,20H,7-8,10-12H2,1H3. The van der Waals surface area contributed by atoms with Crippen LogP contribution in [0.15, 0.2) is 35.8 Å². The van der Waals surface area contributed by atoms with Crippen molar-refractivity contribution in [3.05, 3.63) is 52.0 Å². The fourth-order valence-corrected chi connectivity index (χ4v) is 3.57. The molecule has 2 aromatic rings. The fourth-order valence-electron chi connectivity index (χ4n) is 2.85. The van der Waals surface area contributed by atoms with Crippen molar-refractivity contribution in [1.29, 1.82) is 0 Å². The summed E-state index contributed by atoms with van der Waals surface area (Å²) in [4.78, 5) is 7.90. The molecule has 0 amide bonds. The number of rotatable bonds is 5. The van der Waals surface area contributed by atoms with E-state index in [1.54, 1.807) is 11.3 Å². The summed E-state index contributed by atoms with van der Waals surface area (Å²) in [6.07, 6.45) is 2.13. The Bertz CT molecular complexity index is 588. The van der Waals surface area contributed by atoms with Crippen LogP contribution in [0.3, 0.4) is 0 Å². The minimum absolute atomic E-state index is 0.229. The SMILES string of the molecule is Cc1cccnc1CN1CCOCC1CC(O)c1cccs1. The maximum absolute atomic E-state index is 10.4. The Morgan fingerprint density at radius 1 is 1.45 bits per heavy atom. The first kappa shape index (κ1) is 15.6. The third kappa shape index (κ3) is 3.73. The van der Waals surface area contributed by atoms with Crippen molar-refractivity contribution in [2.24, 2.45) is 0 Å². The summed E-state index contributed by atoms with van der Waals surface area (Å²) in [5.74, 6) is 0. The van der Waals surface area contributed by atoms with Crippen LogP contribution in [-0.4, -0.2) is 40.8 Å². The lowest BCUT2D eigenvalue weighted by Gasteiger charge is -2.36. The van der Waals surface area contributed by atoms with Crippen molar-refractivity contribution in [2.45, 2.75) is 32.0 Å². The van der Waals surface area contributed by atoms with Crippen LogP contribution in [0.5, 0.6) is 0 Å². The van der Waals surface area contributed by atoms with E-state index >= 15 is 0 Å². The van der Waals surface area contributed by atoms with Crippen LogP contribution in [0, 0.1) is 6.92 Å². The molecule has 3 rings (SSSR count). The summed E-state index contributed by atoms with van der Waals surface area (Å²) >= 11 is 1.61. The molecule has 4 nitrogen and oxygen atoms in total. The minimum Gasteiger partial charge on any atom is -0.388 e. The van der Waals surface area contributed by atoms with Gasteiger partial charge in [0, 0.05) is 30.2 Å². The predicted molar refractivity (Wildman–Crippen MR) is 87.9 cm³/mol. The second-order valence-electron chi connectivity index (χ2n) is 5.73. The molecule has 1 N–H and O–H groups in total. The average Bonchev–Trinajstić information content (AvgIpc) is 3.06. The predicted octanol–water partition coefficient (Wildman–Crippen LogP) is 2.78. The molecule has 0 aliphatic carbocycles. The van der Waals surface area contributed by atoms with Gasteiger partial charge in [-0.3, -0.25) is 9.88 Å². The van der Waals surface area contributed by atoms with Gasteiger partial charge in [-0.05, 0) is 36.4 Å². The first-order valence-corrected chi connectivity index (χ1v) is 8.56. The lowest BCUT2D eigenvalue weighted by atomic mass is 10.0. The second kappa shape index (κ2) is 7.33. The number of hydrogen-bond acceptors (Lipinski definition) is 5. The zero-order valence-corrected chi connectivity index (χ0v) is 13.6. The van der Waals surface area contributed by atoms with Gasteiger partial charge in [-0.2, -0.15) is 0 Å². The molecular formula is C17H22N2O2S. The zero-order chi connectivity index (χ0) is 15.4. The molecule has 1 fully saturated rings. The van der Waals surface area contributed by atoms with Crippen molar-refractivity contribution < 1.29 is 9.84 Å². The van der Waals surface area contributed by atoms with Crippen LogP contribution in [0.4, 0.5) is 0 Å². The molecular weight excluding hydrogens is 296 g/mol. The minimum atomic E-state index is -0.418. The van der Waals surface area contributed by atoms with Gasteiger partial charge in [0.2, 0.25) is 0 Å². The van der Waals surface area contributed by atoms with E-state index in [0.29, 0.717) is 13.0 Å². The van der Waals surface area contributed by atoms with Crippen molar-refractivity contribution in [1.82, 2.24) is 9.88 Å². The third-order valence-electron chi connectivity index (χ3n) is 4.19. The Hall–Kier alpha value is -1.27. The number of aliphatic hydroxyl groups is 1. The molecule has 1 saturated heterocycles. The monoisotopic (exact) mass is 318 g/mol. The van der Waals surface area contributed by atoms with Gasteiger partial charge in [-0.15, -0.1) is 11.3 Å². The fraction of sp³-hybridized carbons (Fsp3) is 0.471. The summed E-state index contributed by atoms with van der Waals surface area (Å²) < 4.78 is 5.63. The van der Waals surface area contributed by atoms with E-state index in [1.807, 2.05) is 29.8 Å². The van der Waals surface area contributed by atoms with Crippen LogP contribution < -0.4 is 0 Å². The second-order valence-corrected chi connectivity index (χ2v) is 6.71. The largest absolute Gasteiger partial charge is 0.388 e. The van der Waals surface area contributed by atoms with Gasteiger partial charge in [0.1, 0.15) is 0 Å². The Balaban J connectivity index is 1.67. The Labute approximate surface area is 135 Å². The van der Waals surface area contributed by atoms with Crippen LogP contribution in [0.1, 0.15) is 28.7 Å². The van der Waals surface area contributed by atoms with Crippen molar-refractivity contribution in [3.8, 4) is 0 Å². The van der Waals surface area contributed by atoms with Crippen molar-refractivity contribution in [3.63, 3.8) is 0 Å². The topological polar surface area (TPSA) is 45.6 Å².